The fraction of sp³-hybridized carbons (Fsp3) is 0.619. The molecule has 21 heavy (non-hydrogen) atoms. The molecule has 0 radical (unpaired) electrons. The molecule has 0 spiro atoms. The van der Waals surface area contributed by atoms with Crippen LogP contribution >= 0.6 is 0 Å². The number of aryl methyl sites for hydroxylation is 1. The quantitative estimate of drug-likeness (QED) is 0.550. The molecule has 0 saturated carbocycles. The van der Waals surface area contributed by atoms with Crippen molar-refractivity contribution in [3.8, 4) is 0 Å². The van der Waals surface area contributed by atoms with E-state index in [0.29, 0.717) is 0 Å². The van der Waals surface area contributed by atoms with Gasteiger partial charge in [0.1, 0.15) is 0 Å². The van der Waals surface area contributed by atoms with Crippen LogP contribution in [0, 0.1) is 12.8 Å². The van der Waals surface area contributed by atoms with E-state index < -0.39 is 0 Å². The lowest BCUT2D eigenvalue weighted by Gasteiger charge is -2.25. The normalized spacial score (nSPS) is 18.2. The summed E-state index contributed by atoms with van der Waals surface area (Å²) in [6.07, 6.45) is 9.20. The van der Waals surface area contributed by atoms with E-state index in [2.05, 4.69) is 58.9 Å². The molecule has 2 rings (SSSR count). The summed E-state index contributed by atoms with van der Waals surface area (Å²) in [6.45, 7) is 11.1. The maximum atomic E-state index is 2.39. The van der Waals surface area contributed by atoms with E-state index in [1.165, 1.54) is 56.1 Å². The summed E-state index contributed by atoms with van der Waals surface area (Å²) in [4.78, 5) is 0. The van der Waals surface area contributed by atoms with E-state index >= 15 is 0 Å². The topological polar surface area (TPSA) is 0 Å². The third-order valence-corrected chi connectivity index (χ3v) is 4.15. The summed E-state index contributed by atoms with van der Waals surface area (Å²) >= 11 is 0. The molecule has 0 aliphatic heterocycles. The van der Waals surface area contributed by atoms with Crippen molar-refractivity contribution in [3.05, 3.63) is 41.0 Å². The largest absolute Gasteiger partial charge is 0.0664 e. The molecule has 0 N–H and O–H groups in total. The Labute approximate surface area is 132 Å². The fourth-order valence-corrected chi connectivity index (χ4v) is 2.91. The summed E-state index contributed by atoms with van der Waals surface area (Å²) in [6, 6.07) is 9.13. The van der Waals surface area contributed by atoms with Crippen LogP contribution in [0.4, 0.5) is 0 Å². The lowest BCUT2D eigenvalue weighted by atomic mass is 9.80. The van der Waals surface area contributed by atoms with Gasteiger partial charge in [0.05, 0.1) is 0 Å². The Bertz CT molecular complexity index is 422. The van der Waals surface area contributed by atoms with Crippen LogP contribution in [0.25, 0.3) is 5.57 Å². The predicted octanol–water partition coefficient (Wildman–Crippen LogP) is 7.18. The van der Waals surface area contributed by atoms with Gasteiger partial charge in [-0.2, -0.15) is 0 Å². The van der Waals surface area contributed by atoms with Crippen LogP contribution in [-0.4, -0.2) is 0 Å². The number of benzene rings is 1. The van der Waals surface area contributed by atoms with Gasteiger partial charge in [0.2, 0.25) is 0 Å². The molecule has 0 saturated heterocycles. The van der Waals surface area contributed by atoms with Crippen molar-refractivity contribution in [1.82, 2.24) is 0 Å². The highest BCUT2D eigenvalue weighted by atomic mass is 14.2. The van der Waals surface area contributed by atoms with E-state index in [0.717, 1.165) is 5.92 Å². The average Bonchev–Trinajstić information content (AvgIpc) is 2.47. The Kier molecular flexibility index (Phi) is 8.42. The first-order chi connectivity index (χ1) is 10.1. The average molecular weight is 287 g/mol. The fourth-order valence-electron chi connectivity index (χ4n) is 2.91. The highest BCUT2D eigenvalue weighted by Gasteiger charge is 2.18. The Morgan fingerprint density at radius 3 is 2.24 bits per heavy atom. The van der Waals surface area contributed by atoms with Gasteiger partial charge in [-0.05, 0) is 56.1 Å². The van der Waals surface area contributed by atoms with Gasteiger partial charge >= 0.3 is 0 Å². The molecule has 118 valence electrons. The molecule has 1 atom stereocenters. The smallest absolute Gasteiger partial charge is 0.0225 e. The molecule has 0 heterocycles. The van der Waals surface area contributed by atoms with Crippen molar-refractivity contribution in [2.24, 2.45) is 5.92 Å². The first kappa shape index (κ1) is 18.0. The Morgan fingerprint density at radius 1 is 1.05 bits per heavy atom. The summed E-state index contributed by atoms with van der Waals surface area (Å²) in [7, 11) is 0. The minimum absolute atomic E-state index is 0.853. The summed E-state index contributed by atoms with van der Waals surface area (Å²) < 4.78 is 0. The van der Waals surface area contributed by atoms with Crippen LogP contribution in [-0.2, 0) is 0 Å². The van der Waals surface area contributed by atoms with Crippen molar-refractivity contribution in [2.45, 2.75) is 79.6 Å². The van der Waals surface area contributed by atoms with Gasteiger partial charge in [0.15, 0.2) is 0 Å². The SMILES string of the molecule is CCC.CCCCC1=C(c2ccc(C)cc2)CC(C)CC1. The Hall–Kier alpha value is -1.04. The zero-order chi connectivity index (χ0) is 15.7. The maximum Gasteiger partial charge on any atom is -0.0225 e. The first-order valence-corrected chi connectivity index (χ1v) is 8.90. The number of unbranched alkanes of at least 4 members (excludes halogenated alkanes) is 1. The van der Waals surface area contributed by atoms with Gasteiger partial charge in [-0.15, -0.1) is 0 Å². The van der Waals surface area contributed by atoms with Gasteiger partial charge in [0.25, 0.3) is 0 Å². The lowest BCUT2D eigenvalue weighted by Crippen LogP contribution is -2.07. The van der Waals surface area contributed by atoms with Crippen molar-refractivity contribution >= 4 is 5.57 Å². The second-order valence-electron chi connectivity index (χ2n) is 6.61. The summed E-state index contributed by atoms with van der Waals surface area (Å²) in [5.74, 6) is 0.853. The van der Waals surface area contributed by atoms with Crippen LogP contribution < -0.4 is 0 Å². The standard InChI is InChI=1S/C18H26.C3H8/c1-4-5-6-16-12-9-15(3)13-18(16)17-10-7-14(2)8-11-17;1-3-2/h7-8,10-11,15H,4-6,9,12-13H2,1-3H3;3H2,1-2H3. The highest BCUT2D eigenvalue weighted by molar-refractivity contribution is 5.69. The first-order valence-electron chi connectivity index (χ1n) is 8.90. The van der Waals surface area contributed by atoms with Gasteiger partial charge in [-0.1, -0.05) is 75.9 Å². The Morgan fingerprint density at radius 2 is 1.67 bits per heavy atom. The molecular formula is C21H34. The lowest BCUT2D eigenvalue weighted by molar-refractivity contribution is 0.513. The minimum Gasteiger partial charge on any atom is -0.0664 e. The van der Waals surface area contributed by atoms with Crippen molar-refractivity contribution in [3.63, 3.8) is 0 Å². The second-order valence-corrected chi connectivity index (χ2v) is 6.61. The van der Waals surface area contributed by atoms with Gasteiger partial charge < -0.3 is 0 Å². The van der Waals surface area contributed by atoms with E-state index in [-0.39, 0.29) is 0 Å². The molecule has 0 aromatic heterocycles. The predicted molar refractivity (Wildman–Crippen MR) is 96.6 cm³/mol. The van der Waals surface area contributed by atoms with Gasteiger partial charge in [-0.3, -0.25) is 0 Å². The van der Waals surface area contributed by atoms with Crippen molar-refractivity contribution in [1.29, 1.82) is 0 Å². The number of hydrogen-bond acceptors (Lipinski definition) is 0. The highest BCUT2D eigenvalue weighted by Crippen LogP contribution is 2.37. The number of allylic oxidation sites excluding steroid dienone is 2. The van der Waals surface area contributed by atoms with Crippen LogP contribution in [0.15, 0.2) is 29.8 Å². The van der Waals surface area contributed by atoms with Crippen molar-refractivity contribution < 1.29 is 0 Å². The summed E-state index contributed by atoms with van der Waals surface area (Å²) in [5, 5.41) is 0. The Balaban J connectivity index is 0.000000677. The zero-order valence-corrected chi connectivity index (χ0v) is 14.8. The third kappa shape index (κ3) is 6.08. The molecule has 1 unspecified atom stereocenters. The van der Waals surface area contributed by atoms with Crippen LogP contribution in [0.3, 0.4) is 0 Å². The van der Waals surface area contributed by atoms with E-state index in [9.17, 15) is 0 Å². The molecular weight excluding hydrogens is 252 g/mol. The number of hydrogen-bond donors (Lipinski definition) is 0. The van der Waals surface area contributed by atoms with Crippen LogP contribution in [0.2, 0.25) is 0 Å². The molecule has 0 nitrogen and oxygen atoms in total. The monoisotopic (exact) mass is 286 g/mol. The molecule has 1 aromatic rings. The minimum atomic E-state index is 0.853. The second kappa shape index (κ2) is 9.82. The molecule has 0 bridgehead atoms. The molecule has 1 aromatic carbocycles. The maximum absolute atomic E-state index is 2.39. The van der Waals surface area contributed by atoms with E-state index in [4.69, 9.17) is 0 Å². The van der Waals surface area contributed by atoms with Gasteiger partial charge in [0, 0.05) is 0 Å². The van der Waals surface area contributed by atoms with Gasteiger partial charge in [-0.25, -0.2) is 0 Å². The van der Waals surface area contributed by atoms with Crippen LogP contribution in [0.5, 0.6) is 0 Å². The van der Waals surface area contributed by atoms with E-state index in [1.54, 1.807) is 11.1 Å². The third-order valence-electron chi connectivity index (χ3n) is 4.15. The molecule has 0 amide bonds. The van der Waals surface area contributed by atoms with E-state index in [1.807, 2.05) is 0 Å². The molecule has 1 aliphatic carbocycles. The van der Waals surface area contributed by atoms with Crippen LogP contribution in [0.1, 0.15) is 83.8 Å². The van der Waals surface area contributed by atoms with Crippen molar-refractivity contribution in [2.75, 3.05) is 0 Å². The number of rotatable bonds is 4. The summed E-state index contributed by atoms with van der Waals surface area (Å²) in [5.41, 5.74) is 6.22. The zero-order valence-electron chi connectivity index (χ0n) is 14.8. The molecule has 0 fully saturated rings. The molecule has 1 aliphatic rings. The molecule has 0 heteroatoms.